The van der Waals surface area contributed by atoms with Crippen LogP contribution in [0.5, 0.6) is 0 Å². The molecule has 4 saturated heterocycles. The molecule has 4 fully saturated rings. The highest BCUT2D eigenvalue weighted by molar-refractivity contribution is 6.06. The number of fused-ring (bicyclic) bond motifs is 5. The molecule has 0 spiro atoms. The predicted molar refractivity (Wildman–Crippen MR) is 182 cm³/mol. The molecule has 4 aliphatic heterocycles. The molecule has 2 amide bonds. The van der Waals surface area contributed by atoms with E-state index in [1.807, 2.05) is 4.90 Å². The van der Waals surface area contributed by atoms with Crippen molar-refractivity contribution in [2.75, 3.05) is 44.2 Å². The van der Waals surface area contributed by atoms with E-state index in [0.29, 0.717) is 44.8 Å². The van der Waals surface area contributed by atoms with Crippen molar-refractivity contribution in [1.29, 1.82) is 0 Å². The lowest BCUT2D eigenvalue weighted by molar-refractivity contribution is -0.156. The first-order valence-electron chi connectivity index (χ1n) is 19.0. The summed E-state index contributed by atoms with van der Waals surface area (Å²) >= 11 is 0. The number of esters is 1. The third kappa shape index (κ3) is 10.2. The average Bonchev–Trinajstić information content (AvgIpc) is 3.77. The Morgan fingerprint density at radius 3 is 1.92 bits per heavy atom. The quantitative estimate of drug-likeness (QED) is 0.0802. The van der Waals surface area contributed by atoms with Crippen molar-refractivity contribution in [3.8, 4) is 0 Å². The second-order valence-corrected chi connectivity index (χ2v) is 14.6. The van der Waals surface area contributed by atoms with Crippen LogP contribution in [0.4, 0.5) is 18.9 Å². The largest absolute Gasteiger partial charge is 0.459 e. The van der Waals surface area contributed by atoms with E-state index in [1.165, 1.54) is 81.2 Å². The van der Waals surface area contributed by atoms with Crippen LogP contribution in [-0.4, -0.2) is 85.2 Å². The average molecular weight is 692 g/mol. The number of hydrogen-bond acceptors (Lipinski definition) is 7. The molecule has 274 valence electrons. The summed E-state index contributed by atoms with van der Waals surface area (Å²) in [5.74, 6) is -1.66. The minimum atomic E-state index is -4.41. The lowest BCUT2D eigenvalue weighted by Crippen LogP contribution is -2.51. The van der Waals surface area contributed by atoms with Crippen LogP contribution in [-0.2, 0) is 30.0 Å². The van der Waals surface area contributed by atoms with Crippen LogP contribution < -0.4 is 4.90 Å². The van der Waals surface area contributed by atoms with Crippen molar-refractivity contribution in [2.45, 2.75) is 134 Å². The fraction of sp³-hybridized carbons (Fsp3) is 0.763. The number of imide groups is 1. The number of hydrogen-bond donors (Lipinski definition) is 0. The number of nitrogens with zero attached hydrogens (tertiary/aromatic N) is 3. The van der Waals surface area contributed by atoms with E-state index >= 15 is 0 Å². The molecule has 0 aliphatic carbocycles. The maximum Gasteiger partial charge on any atom is 0.416 e. The standard InChI is InChI=1S/C38H56F3N3O5/c1-2-3-4-5-6-7-8-9-10-11-12-13-14-18-33(45)48-30(27-44-36(46)34-31-19-20-32(49-31)35(34)37(44)47)26-42-21-23-43(24-22-42)29-17-15-16-28(25-29)38(39,40)41/h15-17,25,30-32,34-35H,2-14,18-24,26-27H2,1H3. The van der Waals surface area contributed by atoms with Gasteiger partial charge in [0, 0.05) is 44.8 Å². The van der Waals surface area contributed by atoms with Gasteiger partial charge in [0.1, 0.15) is 6.10 Å². The van der Waals surface area contributed by atoms with Crippen molar-refractivity contribution >= 4 is 23.5 Å². The predicted octanol–water partition coefficient (Wildman–Crippen LogP) is 7.38. The van der Waals surface area contributed by atoms with E-state index in [1.54, 1.807) is 6.07 Å². The zero-order chi connectivity index (χ0) is 34.8. The fourth-order valence-corrected chi connectivity index (χ4v) is 8.18. The molecule has 5 atom stereocenters. The van der Waals surface area contributed by atoms with Crippen LogP contribution in [0.15, 0.2) is 24.3 Å². The zero-order valence-corrected chi connectivity index (χ0v) is 29.3. The summed E-state index contributed by atoms with van der Waals surface area (Å²) in [5.41, 5.74) is -0.154. The Balaban J connectivity index is 1.08. The molecule has 0 aromatic heterocycles. The molecular weight excluding hydrogens is 635 g/mol. The minimum absolute atomic E-state index is 0.0162. The summed E-state index contributed by atoms with van der Waals surface area (Å²) in [6, 6.07) is 5.36. The Hall–Kier alpha value is -2.66. The Morgan fingerprint density at radius 1 is 0.816 bits per heavy atom. The number of rotatable bonds is 20. The number of ether oxygens (including phenoxy) is 2. The van der Waals surface area contributed by atoms with Gasteiger partial charge in [0.2, 0.25) is 11.8 Å². The highest BCUT2D eigenvalue weighted by atomic mass is 19.4. The Kier molecular flexibility index (Phi) is 13.8. The molecule has 0 saturated carbocycles. The van der Waals surface area contributed by atoms with E-state index in [0.717, 1.165) is 38.2 Å². The zero-order valence-electron chi connectivity index (χ0n) is 29.3. The number of amides is 2. The van der Waals surface area contributed by atoms with Crippen molar-refractivity contribution in [3.05, 3.63) is 29.8 Å². The van der Waals surface area contributed by atoms with E-state index in [4.69, 9.17) is 9.47 Å². The molecule has 8 nitrogen and oxygen atoms in total. The van der Waals surface area contributed by atoms with Crippen molar-refractivity contribution < 1.29 is 37.0 Å². The number of anilines is 1. The lowest BCUT2D eigenvalue weighted by Gasteiger charge is -2.38. The number of alkyl halides is 3. The van der Waals surface area contributed by atoms with Gasteiger partial charge in [-0.05, 0) is 37.5 Å². The summed E-state index contributed by atoms with van der Waals surface area (Å²) in [5, 5.41) is 0. The molecule has 4 aliphatic rings. The number of halogens is 3. The number of likely N-dealkylation sites (tertiary alicyclic amines) is 1. The van der Waals surface area contributed by atoms with Gasteiger partial charge in [0.15, 0.2) is 0 Å². The SMILES string of the molecule is CCCCCCCCCCCCCCCC(=O)OC(CN1CCN(c2cccc(C(F)(F)F)c2)CC1)CN1C(=O)C2C3CCC(O3)C2C1=O. The van der Waals surface area contributed by atoms with Crippen LogP contribution in [0, 0.1) is 11.8 Å². The molecule has 49 heavy (non-hydrogen) atoms. The van der Waals surface area contributed by atoms with E-state index in [9.17, 15) is 27.6 Å². The molecule has 4 heterocycles. The van der Waals surface area contributed by atoms with Gasteiger partial charge in [0.25, 0.3) is 0 Å². The maximum atomic E-state index is 13.4. The second-order valence-electron chi connectivity index (χ2n) is 14.6. The molecule has 5 unspecified atom stereocenters. The highest BCUT2D eigenvalue weighted by Gasteiger charge is 2.62. The van der Waals surface area contributed by atoms with Crippen molar-refractivity contribution in [2.24, 2.45) is 11.8 Å². The summed E-state index contributed by atoms with van der Waals surface area (Å²) in [6.07, 6.45) is 12.1. The van der Waals surface area contributed by atoms with Gasteiger partial charge >= 0.3 is 12.1 Å². The van der Waals surface area contributed by atoms with Gasteiger partial charge in [-0.15, -0.1) is 0 Å². The van der Waals surface area contributed by atoms with Gasteiger partial charge in [-0.3, -0.25) is 24.2 Å². The number of unbranched alkanes of at least 4 members (excludes halogenated alkanes) is 12. The van der Waals surface area contributed by atoms with Gasteiger partial charge < -0.3 is 14.4 Å². The van der Waals surface area contributed by atoms with Crippen LogP contribution >= 0.6 is 0 Å². The van der Waals surface area contributed by atoms with Crippen LogP contribution in [0.3, 0.4) is 0 Å². The first kappa shape index (κ1) is 37.6. The third-order valence-corrected chi connectivity index (χ3v) is 10.9. The summed E-state index contributed by atoms with van der Waals surface area (Å²) in [4.78, 5) is 45.1. The summed E-state index contributed by atoms with van der Waals surface area (Å²) in [7, 11) is 0. The first-order chi connectivity index (χ1) is 23.7. The number of piperazine rings is 1. The number of carbonyl (C=O) groups excluding carboxylic acids is 3. The summed E-state index contributed by atoms with van der Waals surface area (Å²) < 4.78 is 51.7. The maximum absolute atomic E-state index is 13.4. The molecule has 1 aromatic rings. The minimum Gasteiger partial charge on any atom is -0.459 e. The molecule has 2 bridgehead atoms. The van der Waals surface area contributed by atoms with Crippen molar-refractivity contribution in [3.63, 3.8) is 0 Å². The molecule has 0 radical (unpaired) electrons. The highest BCUT2D eigenvalue weighted by Crippen LogP contribution is 2.48. The van der Waals surface area contributed by atoms with Crippen LogP contribution in [0.25, 0.3) is 0 Å². The van der Waals surface area contributed by atoms with Crippen LogP contribution in [0.1, 0.15) is 115 Å². The van der Waals surface area contributed by atoms with E-state index in [-0.39, 0.29) is 36.5 Å². The fourth-order valence-electron chi connectivity index (χ4n) is 8.18. The van der Waals surface area contributed by atoms with E-state index < -0.39 is 29.7 Å². The van der Waals surface area contributed by atoms with Crippen molar-refractivity contribution in [1.82, 2.24) is 9.80 Å². The molecule has 1 aromatic carbocycles. The Labute approximate surface area is 290 Å². The summed E-state index contributed by atoms with van der Waals surface area (Å²) in [6.45, 7) is 4.72. The third-order valence-electron chi connectivity index (χ3n) is 10.9. The molecule has 5 rings (SSSR count). The number of carbonyl (C=O) groups is 3. The smallest absolute Gasteiger partial charge is 0.416 e. The molecule has 0 N–H and O–H groups in total. The first-order valence-corrected chi connectivity index (χ1v) is 19.0. The molecule has 11 heteroatoms. The lowest BCUT2D eigenvalue weighted by atomic mass is 9.81. The number of benzene rings is 1. The monoisotopic (exact) mass is 691 g/mol. The normalized spacial score (nSPS) is 24.6. The van der Waals surface area contributed by atoms with Gasteiger partial charge in [-0.2, -0.15) is 13.2 Å². The van der Waals surface area contributed by atoms with Gasteiger partial charge in [0.05, 0.1) is 36.2 Å². The van der Waals surface area contributed by atoms with Crippen LogP contribution in [0.2, 0.25) is 0 Å². The Morgan fingerprint density at radius 2 is 1.37 bits per heavy atom. The van der Waals surface area contributed by atoms with Gasteiger partial charge in [-0.1, -0.05) is 90.0 Å². The van der Waals surface area contributed by atoms with E-state index in [2.05, 4.69) is 11.8 Å². The topological polar surface area (TPSA) is 79.4 Å². The van der Waals surface area contributed by atoms with Gasteiger partial charge in [-0.25, -0.2) is 0 Å². The second kappa shape index (κ2) is 18.0. The Bertz CT molecular complexity index is 1210. The molecular formula is C38H56F3N3O5.